The van der Waals surface area contributed by atoms with Crippen LogP contribution in [0, 0.1) is 5.82 Å². The average Bonchev–Trinajstić information content (AvgIpc) is 2.24. The number of benzene rings is 1. The highest BCUT2D eigenvalue weighted by Crippen LogP contribution is 2.30. The second kappa shape index (κ2) is 5.25. The fourth-order valence-corrected chi connectivity index (χ4v) is 4.17. The Labute approximate surface area is 121 Å². The molecule has 112 valence electrons. The van der Waals surface area contributed by atoms with Crippen LogP contribution in [0.4, 0.5) is 4.39 Å². The third-order valence-electron chi connectivity index (χ3n) is 3.43. The highest BCUT2D eigenvalue weighted by molar-refractivity contribution is 8.13. The van der Waals surface area contributed by atoms with E-state index in [-0.39, 0.29) is 6.04 Å². The van der Waals surface area contributed by atoms with Gasteiger partial charge in [-0.15, -0.1) is 0 Å². The maximum atomic E-state index is 13.9. The van der Waals surface area contributed by atoms with Gasteiger partial charge < -0.3 is 0 Å². The van der Waals surface area contributed by atoms with Gasteiger partial charge in [0.15, 0.2) is 0 Å². The van der Waals surface area contributed by atoms with Crippen LogP contribution in [0.5, 0.6) is 0 Å². The Hall–Kier alpha value is -0.700. The van der Waals surface area contributed by atoms with Crippen molar-refractivity contribution in [1.29, 1.82) is 0 Å². The molecule has 0 atom stereocenters. The van der Waals surface area contributed by atoms with E-state index >= 15 is 0 Å². The molecule has 1 aliphatic carbocycles. The maximum absolute atomic E-state index is 13.9. The van der Waals surface area contributed by atoms with E-state index in [1.54, 1.807) is 0 Å². The quantitative estimate of drug-likeness (QED) is 0.784. The molecular formula is C11H13ClFNO4S2. The Kier molecular flexibility index (Phi) is 4.12. The standard InChI is InChI=1S/C11H13ClFNO4S2/c1-14(8-3-2-4-8)20(17,18)11-6-5-9(7-10(11)13)19(12,15)16/h5-8H,2-4H2,1H3. The van der Waals surface area contributed by atoms with Crippen molar-refractivity contribution in [2.75, 3.05) is 7.05 Å². The van der Waals surface area contributed by atoms with Crippen molar-refractivity contribution in [1.82, 2.24) is 4.31 Å². The second-order valence-electron chi connectivity index (χ2n) is 4.64. The van der Waals surface area contributed by atoms with Crippen molar-refractivity contribution in [2.45, 2.75) is 35.1 Å². The molecule has 0 spiro atoms. The molecule has 1 saturated carbocycles. The molecule has 2 rings (SSSR count). The highest BCUT2D eigenvalue weighted by atomic mass is 35.7. The lowest BCUT2D eigenvalue weighted by Crippen LogP contribution is -2.41. The first kappa shape index (κ1) is 15.7. The van der Waals surface area contributed by atoms with E-state index in [0.29, 0.717) is 6.07 Å². The molecule has 20 heavy (non-hydrogen) atoms. The zero-order valence-electron chi connectivity index (χ0n) is 10.6. The van der Waals surface area contributed by atoms with Crippen LogP contribution in [-0.2, 0) is 19.1 Å². The van der Waals surface area contributed by atoms with Crippen molar-refractivity contribution < 1.29 is 21.2 Å². The van der Waals surface area contributed by atoms with Crippen LogP contribution in [0.15, 0.2) is 28.0 Å². The molecule has 1 fully saturated rings. The summed E-state index contributed by atoms with van der Waals surface area (Å²) in [5.74, 6) is -1.13. The average molecular weight is 342 g/mol. The molecule has 0 bridgehead atoms. The highest BCUT2D eigenvalue weighted by Gasteiger charge is 2.33. The van der Waals surface area contributed by atoms with Crippen LogP contribution < -0.4 is 0 Å². The van der Waals surface area contributed by atoms with Gasteiger partial charge >= 0.3 is 0 Å². The van der Waals surface area contributed by atoms with Gasteiger partial charge in [-0.3, -0.25) is 0 Å². The SMILES string of the molecule is CN(C1CCC1)S(=O)(=O)c1ccc(S(=O)(=O)Cl)cc1F. The summed E-state index contributed by atoms with van der Waals surface area (Å²) >= 11 is 0. The van der Waals surface area contributed by atoms with Crippen molar-refractivity contribution in [3.05, 3.63) is 24.0 Å². The van der Waals surface area contributed by atoms with E-state index in [1.807, 2.05) is 0 Å². The van der Waals surface area contributed by atoms with Gasteiger partial charge in [0.1, 0.15) is 10.7 Å². The molecular weight excluding hydrogens is 329 g/mol. The second-order valence-corrected chi connectivity index (χ2v) is 9.17. The molecule has 0 aromatic heterocycles. The molecule has 5 nitrogen and oxygen atoms in total. The molecule has 0 radical (unpaired) electrons. The molecule has 0 unspecified atom stereocenters. The largest absolute Gasteiger partial charge is 0.261 e. The van der Waals surface area contributed by atoms with Gasteiger partial charge in [-0.25, -0.2) is 21.2 Å². The molecule has 9 heteroatoms. The fourth-order valence-electron chi connectivity index (χ4n) is 1.94. The summed E-state index contributed by atoms with van der Waals surface area (Å²) in [6, 6.07) is 2.39. The summed E-state index contributed by atoms with van der Waals surface area (Å²) in [7, 11) is -1.58. The minimum atomic E-state index is -4.09. The van der Waals surface area contributed by atoms with E-state index in [2.05, 4.69) is 0 Å². The molecule has 0 aliphatic heterocycles. The lowest BCUT2D eigenvalue weighted by Gasteiger charge is -2.33. The van der Waals surface area contributed by atoms with Gasteiger partial charge in [0, 0.05) is 23.8 Å². The summed E-state index contributed by atoms with van der Waals surface area (Å²) in [6.45, 7) is 0. The minimum absolute atomic E-state index is 0.129. The van der Waals surface area contributed by atoms with Crippen molar-refractivity contribution in [3.8, 4) is 0 Å². The third-order valence-corrected chi connectivity index (χ3v) is 6.73. The van der Waals surface area contributed by atoms with Gasteiger partial charge in [-0.2, -0.15) is 4.31 Å². The van der Waals surface area contributed by atoms with Gasteiger partial charge in [-0.05, 0) is 31.0 Å². The predicted octanol–water partition coefficient (Wildman–Crippen LogP) is 1.93. The zero-order chi connectivity index (χ0) is 15.1. The summed E-state index contributed by atoms with van der Waals surface area (Å²) < 4.78 is 61.7. The summed E-state index contributed by atoms with van der Waals surface area (Å²) in [5.41, 5.74) is 0. The number of hydrogen-bond donors (Lipinski definition) is 0. The van der Waals surface area contributed by atoms with Gasteiger partial charge in [-0.1, -0.05) is 6.42 Å². The Bertz CT molecular complexity index is 729. The van der Waals surface area contributed by atoms with Gasteiger partial charge in [0.25, 0.3) is 9.05 Å². The molecule has 0 amide bonds. The lowest BCUT2D eigenvalue weighted by molar-refractivity contribution is 0.249. The van der Waals surface area contributed by atoms with Crippen LogP contribution in [0.3, 0.4) is 0 Å². The predicted molar refractivity (Wildman–Crippen MR) is 72.0 cm³/mol. The number of sulfonamides is 1. The van der Waals surface area contributed by atoms with Crippen LogP contribution in [0.2, 0.25) is 0 Å². The molecule has 0 heterocycles. The van der Waals surface area contributed by atoms with Crippen LogP contribution in [-0.4, -0.2) is 34.2 Å². The Morgan fingerprint density at radius 3 is 2.25 bits per heavy atom. The Morgan fingerprint density at radius 2 is 1.85 bits per heavy atom. The molecule has 1 aromatic rings. The first-order valence-corrected chi connectivity index (χ1v) is 9.61. The molecule has 1 aromatic carbocycles. The van der Waals surface area contributed by atoms with Crippen LogP contribution in [0.25, 0.3) is 0 Å². The number of nitrogens with zero attached hydrogens (tertiary/aromatic N) is 1. The zero-order valence-corrected chi connectivity index (χ0v) is 13.0. The van der Waals surface area contributed by atoms with Gasteiger partial charge in [0.05, 0.1) is 4.90 Å². The van der Waals surface area contributed by atoms with Crippen molar-refractivity contribution >= 4 is 29.8 Å². The number of hydrogen-bond acceptors (Lipinski definition) is 4. The summed E-state index contributed by atoms with van der Waals surface area (Å²) in [6.07, 6.45) is 2.42. The minimum Gasteiger partial charge on any atom is -0.207 e. The van der Waals surface area contributed by atoms with Crippen molar-refractivity contribution in [2.24, 2.45) is 0 Å². The summed E-state index contributed by atoms with van der Waals surface area (Å²) in [4.78, 5) is -1.02. The first-order chi connectivity index (χ1) is 9.14. The molecule has 1 aliphatic rings. The number of halogens is 2. The van der Waals surface area contributed by atoms with E-state index in [0.717, 1.165) is 35.7 Å². The van der Waals surface area contributed by atoms with Crippen molar-refractivity contribution in [3.63, 3.8) is 0 Å². The normalized spacial score (nSPS) is 17.2. The summed E-state index contributed by atoms with van der Waals surface area (Å²) in [5, 5.41) is 0. The Balaban J connectivity index is 2.42. The van der Waals surface area contributed by atoms with Crippen LogP contribution in [0.1, 0.15) is 19.3 Å². The lowest BCUT2D eigenvalue weighted by atomic mass is 9.94. The van der Waals surface area contributed by atoms with Gasteiger partial charge in [0.2, 0.25) is 10.0 Å². The van der Waals surface area contributed by atoms with E-state index in [1.165, 1.54) is 7.05 Å². The molecule has 0 N–H and O–H groups in total. The van der Waals surface area contributed by atoms with E-state index < -0.39 is 34.7 Å². The maximum Gasteiger partial charge on any atom is 0.261 e. The molecule has 0 saturated heterocycles. The topological polar surface area (TPSA) is 71.5 Å². The fraction of sp³-hybridized carbons (Fsp3) is 0.455. The Morgan fingerprint density at radius 1 is 1.25 bits per heavy atom. The van der Waals surface area contributed by atoms with E-state index in [9.17, 15) is 21.2 Å². The first-order valence-electron chi connectivity index (χ1n) is 5.86. The number of rotatable bonds is 4. The third kappa shape index (κ3) is 2.83. The smallest absolute Gasteiger partial charge is 0.207 e. The van der Waals surface area contributed by atoms with E-state index in [4.69, 9.17) is 10.7 Å². The van der Waals surface area contributed by atoms with Crippen LogP contribution >= 0.6 is 10.7 Å². The monoisotopic (exact) mass is 341 g/mol.